The number of amides is 1. The number of rotatable bonds is 6. The van der Waals surface area contributed by atoms with Gasteiger partial charge in [-0.1, -0.05) is 49.6 Å². The molecule has 5 rings (SSSR count). The molecule has 2 aromatic rings. The predicted octanol–water partition coefficient (Wildman–Crippen LogP) is 2.15. The zero-order valence-electron chi connectivity index (χ0n) is 19.0. The molecule has 7 heteroatoms. The Hall–Kier alpha value is -2.80. The highest BCUT2D eigenvalue weighted by Crippen LogP contribution is 2.44. The molecule has 0 radical (unpaired) electrons. The number of esters is 1. The fraction of sp³-hybridized carbons (Fsp3) is 0.538. The summed E-state index contributed by atoms with van der Waals surface area (Å²) >= 11 is 0. The Balaban J connectivity index is 1.15. The van der Waals surface area contributed by atoms with Gasteiger partial charge in [-0.2, -0.15) is 0 Å². The minimum atomic E-state index is -0.477. The topological polar surface area (TPSA) is 85.6 Å². The van der Waals surface area contributed by atoms with Crippen molar-refractivity contribution in [1.29, 1.82) is 0 Å². The SMILES string of the molecule is O=C(C[NH+]1CCC2C(C[C@@H]2OC(=O)C2(c3ccccc3)CCCCC2)C1)Nc1cnccn1. The van der Waals surface area contributed by atoms with Crippen LogP contribution >= 0.6 is 0 Å². The first-order valence-electron chi connectivity index (χ1n) is 12.3. The molecule has 1 aromatic heterocycles. The van der Waals surface area contributed by atoms with Gasteiger partial charge in [0, 0.05) is 30.7 Å². The first-order valence-corrected chi connectivity index (χ1v) is 12.3. The summed E-state index contributed by atoms with van der Waals surface area (Å²) in [6.07, 6.45) is 11.8. The molecule has 2 N–H and O–H groups in total. The Bertz CT molecular complexity index is 962. The number of nitrogens with one attached hydrogen (secondary N) is 2. The smallest absolute Gasteiger partial charge is 0.316 e. The van der Waals surface area contributed by atoms with Crippen molar-refractivity contribution >= 4 is 17.7 Å². The molecule has 1 saturated heterocycles. The van der Waals surface area contributed by atoms with E-state index in [2.05, 4.69) is 27.4 Å². The van der Waals surface area contributed by atoms with Crippen LogP contribution in [-0.4, -0.2) is 47.6 Å². The van der Waals surface area contributed by atoms with E-state index in [0.29, 0.717) is 24.2 Å². The van der Waals surface area contributed by atoms with Crippen LogP contribution in [0.15, 0.2) is 48.9 Å². The fourth-order valence-corrected chi connectivity index (χ4v) is 6.10. The minimum absolute atomic E-state index is 0.0185. The largest absolute Gasteiger partial charge is 0.461 e. The van der Waals surface area contributed by atoms with Gasteiger partial charge in [-0.05, 0) is 24.8 Å². The van der Waals surface area contributed by atoms with Crippen LogP contribution in [0, 0.1) is 11.8 Å². The van der Waals surface area contributed by atoms with Crippen LogP contribution in [0.25, 0.3) is 0 Å². The maximum Gasteiger partial charge on any atom is 0.316 e. The quantitative estimate of drug-likeness (QED) is 0.660. The van der Waals surface area contributed by atoms with Gasteiger partial charge in [0.15, 0.2) is 12.4 Å². The first-order chi connectivity index (χ1) is 16.1. The van der Waals surface area contributed by atoms with E-state index in [-0.39, 0.29) is 18.0 Å². The highest BCUT2D eigenvalue weighted by Gasteiger charge is 2.51. The van der Waals surface area contributed by atoms with E-state index in [1.807, 2.05) is 18.2 Å². The van der Waals surface area contributed by atoms with E-state index < -0.39 is 5.41 Å². The number of anilines is 1. The molecule has 3 unspecified atom stereocenters. The molecule has 2 saturated carbocycles. The van der Waals surface area contributed by atoms with Crippen LogP contribution in [0.2, 0.25) is 0 Å². The molecule has 4 atom stereocenters. The van der Waals surface area contributed by atoms with Crippen molar-refractivity contribution in [3.05, 3.63) is 54.5 Å². The van der Waals surface area contributed by atoms with E-state index in [1.165, 1.54) is 11.3 Å². The summed E-state index contributed by atoms with van der Waals surface area (Å²) in [5.41, 5.74) is 0.633. The normalized spacial score (nSPS) is 28.1. The van der Waals surface area contributed by atoms with Gasteiger partial charge >= 0.3 is 5.97 Å². The average Bonchev–Trinajstić information content (AvgIpc) is 2.84. The van der Waals surface area contributed by atoms with Crippen molar-refractivity contribution in [2.45, 2.75) is 56.5 Å². The number of fused-ring (bicyclic) bond motifs is 1. The van der Waals surface area contributed by atoms with Crippen LogP contribution in [0.5, 0.6) is 0 Å². The molecule has 3 fully saturated rings. The second-order valence-corrected chi connectivity index (χ2v) is 9.92. The summed E-state index contributed by atoms with van der Waals surface area (Å²) in [7, 11) is 0. The average molecular weight is 450 g/mol. The van der Waals surface area contributed by atoms with E-state index in [4.69, 9.17) is 4.74 Å². The molecule has 33 heavy (non-hydrogen) atoms. The molecule has 1 aliphatic heterocycles. The van der Waals surface area contributed by atoms with Crippen LogP contribution in [0.4, 0.5) is 5.82 Å². The van der Waals surface area contributed by atoms with Gasteiger partial charge in [0.05, 0.1) is 24.7 Å². The Kier molecular flexibility index (Phi) is 6.40. The van der Waals surface area contributed by atoms with Gasteiger partial charge in [0.25, 0.3) is 5.91 Å². The Labute approximate surface area is 194 Å². The number of piperidine rings is 1. The first kappa shape index (κ1) is 22.0. The highest BCUT2D eigenvalue weighted by atomic mass is 16.5. The summed E-state index contributed by atoms with van der Waals surface area (Å²) in [6.45, 7) is 2.31. The van der Waals surface area contributed by atoms with Gasteiger partial charge in [-0.3, -0.25) is 14.6 Å². The van der Waals surface area contributed by atoms with Crippen molar-refractivity contribution in [2.24, 2.45) is 11.8 Å². The summed E-state index contributed by atoms with van der Waals surface area (Å²) in [5, 5.41) is 2.82. The lowest BCUT2D eigenvalue weighted by Crippen LogP contribution is -3.15. The van der Waals surface area contributed by atoms with Gasteiger partial charge < -0.3 is 15.0 Å². The number of benzene rings is 1. The van der Waals surface area contributed by atoms with Crippen molar-refractivity contribution in [1.82, 2.24) is 9.97 Å². The third-order valence-corrected chi connectivity index (χ3v) is 7.92. The Morgan fingerprint density at radius 1 is 1.12 bits per heavy atom. The van der Waals surface area contributed by atoms with E-state index in [0.717, 1.165) is 57.2 Å². The number of carbonyl (C=O) groups excluding carboxylic acids is 2. The molecular formula is C26H33N4O3+. The zero-order valence-corrected chi connectivity index (χ0v) is 19.0. The van der Waals surface area contributed by atoms with Crippen molar-refractivity contribution < 1.29 is 19.2 Å². The van der Waals surface area contributed by atoms with Crippen LogP contribution in [-0.2, 0) is 19.7 Å². The fourth-order valence-electron chi connectivity index (χ4n) is 6.10. The summed E-state index contributed by atoms with van der Waals surface area (Å²) < 4.78 is 6.21. The van der Waals surface area contributed by atoms with Crippen LogP contribution < -0.4 is 10.2 Å². The van der Waals surface area contributed by atoms with Crippen LogP contribution in [0.3, 0.4) is 0 Å². The van der Waals surface area contributed by atoms with Crippen molar-refractivity contribution in [2.75, 3.05) is 25.0 Å². The van der Waals surface area contributed by atoms with Crippen molar-refractivity contribution in [3.63, 3.8) is 0 Å². The second kappa shape index (κ2) is 9.59. The van der Waals surface area contributed by atoms with Gasteiger partial charge in [-0.25, -0.2) is 4.98 Å². The summed E-state index contributed by atoms with van der Waals surface area (Å²) in [4.78, 5) is 35.2. The number of hydrogen-bond donors (Lipinski definition) is 2. The molecular weight excluding hydrogens is 416 g/mol. The van der Waals surface area contributed by atoms with Gasteiger partial charge in [0.2, 0.25) is 0 Å². The third-order valence-electron chi connectivity index (χ3n) is 7.92. The number of aromatic nitrogens is 2. The molecule has 0 spiro atoms. The standard InChI is InChI=1S/C26H32N4O3/c31-24(29-23-16-27-12-13-28-23)18-30-14-9-21-19(17-30)15-22(21)33-25(32)26(10-5-2-6-11-26)20-7-3-1-4-8-20/h1,3-4,7-8,12-13,16,19,21-22H,2,5-6,9-11,14-15,17-18H2,(H,28,29,31)/p+1/t19?,21?,22-/m0/s1. The van der Waals surface area contributed by atoms with Crippen molar-refractivity contribution in [3.8, 4) is 0 Å². The van der Waals surface area contributed by atoms with Gasteiger partial charge in [0.1, 0.15) is 6.10 Å². The minimum Gasteiger partial charge on any atom is -0.461 e. The molecule has 1 aromatic carbocycles. The number of nitrogens with zero attached hydrogens (tertiary/aromatic N) is 2. The lowest BCUT2D eigenvalue weighted by molar-refractivity contribution is -0.904. The predicted molar refractivity (Wildman–Crippen MR) is 124 cm³/mol. The number of ether oxygens (including phenoxy) is 1. The highest BCUT2D eigenvalue weighted by molar-refractivity contribution is 5.90. The number of hydrogen-bond acceptors (Lipinski definition) is 5. The molecule has 2 heterocycles. The molecule has 7 nitrogen and oxygen atoms in total. The molecule has 174 valence electrons. The summed E-state index contributed by atoms with van der Waals surface area (Å²) in [6, 6.07) is 10.2. The Morgan fingerprint density at radius 3 is 2.67 bits per heavy atom. The number of likely N-dealkylation sites (tertiary alicyclic amines) is 1. The number of carbonyl (C=O) groups is 2. The summed E-state index contributed by atoms with van der Waals surface area (Å²) in [5.74, 6) is 1.39. The zero-order chi connectivity index (χ0) is 22.7. The van der Waals surface area contributed by atoms with Gasteiger partial charge in [-0.15, -0.1) is 0 Å². The van der Waals surface area contributed by atoms with E-state index in [1.54, 1.807) is 18.6 Å². The molecule has 1 amide bonds. The lowest BCUT2D eigenvalue weighted by Gasteiger charge is -2.49. The second-order valence-electron chi connectivity index (χ2n) is 9.92. The van der Waals surface area contributed by atoms with E-state index in [9.17, 15) is 9.59 Å². The monoisotopic (exact) mass is 449 g/mol. The molecule has 3 aliphatic rings. The number of quaternary nitrogens is 1. The lowest BCUT2D eigenvalue weighted by atomic mass is 9.66. The van der Waals surface area contributed by atoms with E-state index >= 15 is 0 Å². The molecule has 2 aliphatic carbocycles. The molecule has 0 bridgehead atoms. The maximum atomic E-state index is 13.5. The third kappa shape index (κ3) is 4.64. The Morgan fingerprint density at radius 2 is 1.94 bits per heavy atom. The van der Waals surface area contributed by atoms with Crippen LogP contribution in [0.1, 0.15) is 50.5 Å². The maximum absolute atomic E-state index is 13.5.